The predicted octanol–water partition coefficient (Wildman–Crippen LogP) is 2.72. The lowest BCUT2D eigenvalue weighted by Gasteiger charge is -2.20. The molecule has 0 fully saturated rings. The van der Waals surface area contributed by atoms with Crippen molar-refractivity contribution in [3.63, 3.8) is 0 Å². The van der Waals surface area contributed by atoms with E-state index in [1.807, 2.05) is 36.4 Å². The number of benzene rings is 1. The van der Waals surface area contributed by atoms with Gasteiger partial charge < -0.3 is 0 Å². The number of rotatable bonds is 5. The molecular formula is C18H19N3O. The summed E-state index contributed by atoms with van der Waals surface area (Å²) >= 11 is 0. The van der Waals surface area contributed by atoms with Crippen molar-refractivity contribution in [2.24, 2.45) is 0 Å². The fourth-order valence-corrected chi connectivity index (χ4v) is 2.53. The van der Waals surface area contributed by atoms with Crippen LogP contribution in [0.3, 0.4) is 0 Å². The fraction of sp³-hybridized carbons (Fsp3) is 0.222. The summed E-state index contributed by atoms with van der Waals surface area (Å²) in [6, 6.07) is 17.6. The quantitative estimate of drug-likeness (QED) is 0.726. The summed E-state index contributed by atoms with van der Waals surface area (Å²) in [4.78, 5) is 19.0. The lowest BCUT2D eigenvalue weighted by atomic mass is 10.2. The molecule has 1 aromatic carbocycles. The van der Waals surface area contributed by atoms with Crippen LogP contribution < -0.4 is 5.56 Å². The zero-order valence-corrected chi connectivity index (χ0v) is 12.6. The second kappa shape index (κ2) is 6.54. The Morgan fingerprint density at radius 3 is 2.59 bits per heavy atom. The Bertz CT molecular complexity index is 811. The van der Waals surface area contributed by atoms with Crippen molar-refractivity contribution in [2.45, 2.75) is 20.0 Å². The lowest BCUT2D eigenvalue weighted by Crippen LogP contribution is -2.25. The fourth-order valence-electron chi connectivity index (χ4n) is 2.53. The van der Waals surface area contributed by atoms with Crippen molar-refractivity contribution < 1.29 is 0 Å². The predicted molar refractivity (Wildman–Crippen MR) is 87.7 cm³/mol. The van der Waals surface area contributed by atoms with Crippen LogP contribution in [0.2, 0.25) is 0 Å². The normalized spacial score (nSPS) is 11.2. The van der Waals surface area contributed by atoms with Crippen molar-refractivity contribution >= 4 is 5.65 Å². The van der Waals surface area contributed by atoms with Crippen molar-refractivity contribution in [2.75, 3.05) is 6.54 Å². The van der Waals surface area contributed by atoms with Gasteiger partial charge in [-0.2, -0.15) is 0 Å². The third kappa shape index (κ3) is 3.23. The number of hydrogen-bond donors (Lipinski definition) is 0. The molecule has 2 aromatic heterocycles. The van der Waals surface area contributed by atoms with Gasteiger partial charge in [0.2, 0.25) is 0 Å². The van der Waals surface area contributed by atoms with E-state index in [-0.39, 0.29) is 5.56 Å². The molecule has 0 unspecified atom stereocenters. The first-order valence-corrected chi connectivity index (χ1v) is 7.50. The number of hydrogen-bond acceptors (Lipinski definition) is 3. The summed E-state index contributed by atoms with van der Waals surface area (Å²) in [7, 11) is 0. The molecule has 0 bridgehead atoms. The van der Waals surface area contributed by atoms with Crippen LogP contribution in [0.15, 0.2) is 65.6 Å². The number of pyridine rings is 1. The van der Waals surface area contributed by atoms with Crippen LogP contribution >= 0.6 is 0 Å². The maximum Gasteiger partial charge on any atom is 0.258 e. The summed E-state index contributed by atoms with van der Waals surface area (Å²) in [5, 5.41) is 0. The molecule has 0 amide bonds. The lowest BCUT2D eigenvalue weighted by molar-refractivity contribution is 0.268. The second-order valence-corrected chi connectivity index (χ2v) is 5.30. The molecule has 0 aliphatic rings. The molecule has 0 saturated heterocycles. The van der Waals surface area contributed by atoms with E-state index in [1.54, 1.807) is 16.7 Å². The largest absolute Gasteiger partial charge is 0.294 e. The van der Waals surface area contributed by atoms with Gasteiger partial charge in [-0.1, -0.05) is 43.3 Å². The molecule has 0 saturated carbocycles. The van der Waals surface area contributed by atoms with Crippen molar-refractivity contribution in [1.29, 1.82) is 0 Å². The molecule has 4 heteroatoms. The van der Waals surface area contributed by atoms with E-state index >= 15 is 0 Å². The molecule has 4 nitrogen and oxygen atoms in total. The van der Waals surface area contributed by atoms with Gasteiger partial charge in [0.25, 0.3) is 5.56 Å². The standard InChI is InChI=1S/C18H19N3O/c1-2-20(13-15-8-4-3-5-9-15)14-16-12-18(22)21-11-7-6-10-17(21)19-16/h3-12H,2,13-14H2,1H3. The Hall–Kier alpha value is -2.46. The zero-order valence-electron chi connectivity index (χ0n) is 12.6. The van der Waals surface area contributed by atoms with E-state index in [0.29, 0.717) is 12.2 Å². The first-order valence-electron chi connectivity index (χ1n) is 7.50. The van der Waals surface area contributed by atoms with Crippen LogP contribution in [0.25, 0.3) is 5.65 Å². The van der Waals surface area contributed by atoms with E-state index in [0.717, 1.165) is 18.8 Å². The SMILES string of the molecule is CCN(Cc1ccccc1)Cc1cc(=O)n2ccccc2n1. The van der Waals surface area contributed by atoms with Gasteiger partial charge in [-0.05, 0) is 24.2 Å². The van der Waals surface area contributed by atoms with Crippen molar-refractivity contribution in [3.05, 3.63) is 82.4 Å². The summed E-state index contributed by atoms with van der Waals surface area (Å²) in [6.45, 7) is 4.56. The summed E-state index contributed by atoms with van der Waals surface area (Å²) in [5.41, 5.74) is 2.74. The Kier molecular flexibility index (Phi) is 4.30. The average Bonchev–Trinajstić information content (AvgIpc) is 2.55. The van der Waals surface area contributed by atoms with Crippen LogP contribution in [-0.4, -0.2) is 20.8 Å². The Morgan fingerprint density at radius 2 is 1.82 bits per heavy atom. The molecule has 0 aliphatic heterocycles. The topological polar surface area (TPSA) is 37.6 Å². The molecule has 3 aromatic rings. The number of aromatic nitrogens is 2. The summed E-state index contributed by atoms with van der Waals surface area (Å²) < 4.78 is 1.57. The van der Waals surface area contributed by atoms with E-state index < -0.39 is 0 Å². The molecule has 2 heterocycles. The molecule has 3 rings (SSSR count). The molecule has 0 radical (unpaired) electrons. The molecule has 22 heavy (non-hydrogen) atoms. The summed E-state index contributed by atoms with van der Waals surface area (Å²) in [5.74, 6) is 0. The van der Waals surface area contributed by atoms with Gasteiger partial charge in [-0.3, -0.25) is 14.1 Å². The van der Waals surface area contributed by atoms with Gasteiger partial charge in [-0.25, -0.2) is 4.98 Å². The highest BCUT2D eigenvalue weighted by atomic mass is 16.1. The Labute approximate surface area is 129 Å². The zero-order chi connectivity index (χ0) is 15.4. The van der Waals surface area contributed by atoms with Crippen molar-refractivity contribution in [1.82, 2.24) is 14.3 Å². The third-order valence-corrected chi connectivity index (χ3v) is 3.71. The minimum Gasteiger partial charge on any atom is -0.294 e. The highest BCUT2D eigenvalue weighted by molar-refractivity contribution is 5.38. The van der Waals surface area contributed by atoms with Crippen LogP contribution in [-0.2, 0) is 13.1 Å². The van der Waals surface area contributed by atoms with Crippen molar-refractivity contribution in [3.8, 4) is 0 Å². The van der Waals surface area contributed by atoms with E-state index in [2.05, 4.69) is 28.9 Å². The van der Waals surface area contributed by atoms with E-state index in [4.69, 9.17) is 0 Å². The minimum atomic E-state index is -0.0311. The molecule has 0 atom stereocenters. The van der Waals surface area contributed by atoms with Gasteiger partial charge in [-0.15, -0.1) is 0 Å². The highest BCUT2D eigenvalue weighted by Gasteiger charge is 2.08. The highest BCUT2D eigenvalue weighted by Crippen LogP contribution is 2.08. The Balaban J connectivity index is 1.83. The maximum atomic E-state index is 12.1. The van der Waals surface area contributed by atoms with Gasteiger partial charge >= 0.3 is 0 Å². The average molecular weight is 293 g/mol. The molecule has 0 aliphatic carbocycles. The first-order chi connectivity index (χ1) is 10.8. The number of fused-ring (bicyclic) bond motifs is 1. The molecule has 112 valence electrons. The van der Waals surface area contributed by atoms with Gasteiger partial charge in [0, 0.05) is 25.4 Å². The summed E-state index contributed by atoms with van der Waals surface area (Å²) in [6.07, 6.45) is 1.75. The Morgan fingerprint density at radius 1 is 1.05 bits per heavy atom. The molecule has 0 N–H and O–H groups in total. The van der Waals surface area contributed by atoms with Gasteiger partial charge in [0.05, 0.1) is 5.69 Å². The van der Waals surface area contributed by atoms with Crippen LogP contribution in [0.4, 0.5) is 0 Å². The van der Waals surface area contributed by atoms with Crippen LogP contribution in [0, 0.1) is 0 Å². The first kappa shape index (κ1) is 14.5. The monoisotopic (exact) mass is 293 g/mol. The van der Waals surface area contributed by atoms with Gasteiger partial charge in [0.15, 0.2) is 0 Å². The molecular weight excluding hydrogens is 274 g/mol. The maximum absolute atomic E-state index is 12.1. The number of nitrogens with zero attached hydrogens (tertiary/aromatic N) is 3. The van der Waals surface area contributed by atoms with E-state index in [9.17, 15) is 4.79 Å². The van der Waals surface area contributed by atoms with Crippen LogP contribution in [0.5, 0.6) is 0 Å². The van der Waals surface area contributed by atoms with Gasteiger partial charge in [0.1, 0.15) is 5.65 Å². The second-order valence-electron chi connectivity index (χ2n) is 5.30. The van der Waals surface area contributed by atoms with Crippen LogP contribution in [0.1, 0.15) is 18.2 Å². The molecule has 0 spiro atoms. The van der Waals surface area contributed by atoms with E-state index in [1.165, 1.54) is 5.56 Å². The minimum absolute atomic E-state index is 0.0311. The third-order valence-electron chi connectivity index (χ3n) is 3.71. The smallest absolute Gasteiger partial charge is 0.258 e.